The van der Waals surface area contributed by atoms with Gasteiger partial charge in [-0.3, -0.25) is 4.79 Å². The van der Waals surface area contributed by atoms with Crippen LogP contribution in [0.15, 0.2) is 56.5 Å². The highest BCUT2D eigenvalue weighted by Crippen LogP contribution is 2.42. The number of halogens is 2. The number of para-hydroxylation sites is 1. The van der Waals surface area contributed by atoms with Gasteiger partial charge in [0.05, 0.1) is 20.0 Å². The number of fused-ring (bicyclic) bond motifs is 3. The van der Waals surface area contributed by atoms with Gasteiger partial charge in [0.2, 0.25) is 0 Å². The van der Waals surface area contributed by atoms with Crippen LogP contribution in [-0.2, 0) is 6.61 Å². The third-order valence-corrected chi connectivity index (χ3v) is 6.38. The van der Waals surface area contributed by atoms with Crippen LogP contribution >= 0.6 is 43.2 Å². The SMILES string of the molecule is O=C(N/N=C/c1cc(Br)c(O)c(Br)c1)c1cc2c(s1)-c1ccccc1OC2. The minimum atomic E-state index is -0.278. The van der Waals surface area contributed by atoms with Crippen molar-refractivity contribution >= 4 is 55.3 Å². The van der Waals surface area contributed by atoms with Crippen molar-refractivity contribution < 1.29 is 14.6 Å². The zero-order valence-electron chi connectivity index (χ0n) is 13.7. The first-order valence-corrected chi connectivity index (χ1v) is 10.3. The monoisotopic (exact) mass is 506 g/mol. The Hall–Kier alpha value is -2.16. The zero-order chi connectivity index (χ0) is 19.0. The highest BCUT2D eigenvalue weighted by Gasteiger charge is 2.22. The molecule has 0 unspecified atom stereocenters. The minimum Gasteiger partial charge on any atom is -0.506 e. The maximum atomic E-state index is 12.4. The smallest absolute Gasteiger partial charge is 0.281 e. The fourth-order valence-electron chi connectivity index (χ4n) is 2.69. The summed E-state index contributed by atoms with van der Waals surface area (Å²) in [7, 11) is 0. The maximum Gasteiger partial charge on any atom is 0.281 e. The topological polar surface area (TPSA) is 70.9 Å². The molecule has 0 saturated carbocycles. The normalized spacial score (nSPS) is 12.4. The number of carbonyl (C=O) groups is 1. The van der Waals surface area contributed by atoms with E-state index in [2.05, 4.69) is 42.4 Å². The van der Waals surface area contributed by atoms with E-state index < -0.39 is 0 Å². The lowest BCUT2D eigenvalue weighted by Gasteiger charge is -2.16. The highest BCUT2D eigenvalue weighted by molar-refractivity contribution is 9.11. The van der Waals surface area contributed by atoms with Crippen molar-refractivity contribution in [1.29, 1.82) is 0 Å². The lowest BCUT2D eigenvalue weighted by molar-refractivity contribution is 0.0959. The molecule has 1 aliphatic heterocycles. The van der Waals surface area contributed by atoms with Crippen molar-refractivity contribution in [2.24, 2.45) is 5.10 Å². The van der Waals surface area contributed by atoms with Crippen molar-refractivity contribution in [2.45, 2.75) is 6.61 Å². The lowest BCUT2D eigenvalue weighted by Crippen LogP contribution is -2.16. The van der Waals surface area contributed by atoms with Crippen LogP contribution in [0.4, 0.5) is 0 Å². The Morgan fingerprint density at radius 1 is 1.22 bits per heavy atom. The van der Waals surface area contributed by atoms with E-state index in [1.807, 2.05) is 30.3 Å². The third kappa shape index (κ3) is 3.65. The number of carbonyl (C=O) groups excluding carboxylic acids is 1. The number of phenols is 1. The summed E-state index contributed by atoms with van der Waals surface area (Å²) in [4.78, 5) is 14.1. The second-order valence-corrected chi connectivity index (χ2v) is 8.54. The first-order valence-electron chi connectivity index (χ1n) is 7.89. The predicted molar refractivity (Wildman–Crippen MR) is 113 cm³/mol. The number of benzene rings is 2. The Morgan fingerprint density at radius 2 is 1.96 bits per heavy atom. The molecule has 27 heavy (non-hydrogen) atoms. The van der Waals surface area contributed by atoms with Crippen molar-refractivity contribution in [3.05, 3.63) is 67.4 Å². The summed E-state index contributed by atoms with van der Waals surface area (Å²) in [5, 5.41) is 13.7. The van der Waals surface area contributed by atoms with E-state index in [1.54, 1.807) is 12.1 Å². The van der Waals surface area contributed by atoms with E-state index in [4.69, 9.17) is 4.74 Å². The molecule has 136 valence electrons. The Balaban J connectivity index is 1.51. The fraction of sp³-hybridized carbons (Fsp3) is 0.0526. The fourth-order valence-corrected chi connectivity index (χ4v) is 5.00. The van der Waals surface area contributed by atoms with Crippen LogP contribution in [0, 0.1) is 0 Å². The van der Waals surface area contributed by atoms with Crippen LogP contribution in [0.5, 0.6) is 11.5 Å². The van der Waals surface area contributed by atoms with Crippen molar-refractivity contribution in [1.82, 2.24) is 5.43 Å². The molecule has 5 nitrogen and oxygen atoms in total. The van der Waals surface area contributed by atoms with Gasteiger partial charge in [-0.15, -0.1) is 11.3 Å². The molecule has 0 radical (unpaired) electrons. The summed E-state index contributed by atoms with van der Waals surface area (Å²) >= 11 is 7.95. The van der Waals surface area contributed by atoms with E-state index in [1.165, 1.54) is 17.6 Å². The predicted octanol–water partition coefficient (Wildman–Crippen LogP) is 5.30. The number of nitrogens with one attached hydrogen (secondary N) is 1. The van der Waals surface area contributed by atoms with Crippen LogP contribution in [0.1, 0.15) is 20.8 Å². The molecule has 2 aromatic carbocycles. The standard InChI is InChI=1S/C19H12Br2N2O3S/c20-13-5-10(6-14(21)17(13)24)8-22-23-19(25)16-7-11-9-26-15-4-2-1-3-12(15)18(11)27-16/h1-8,24H,9H2,(H,23,25)/b22-8+. The number of hydrogen-bond donors (Lipinski definition) is 2. The van der Waals surface area contributed by atoms with Gasteiger partial charge >= 0.3 is 0 Å². The van der Waals surface area contributed by atoms with Gasteiger partial charge in [-0.05, 0) is 67.8 Å². The number of phenolic OH excluding ortho intramolecular Hbond substituents is 1. The van der Waals surface area contributed by atoms with Gasteiger partial charge in [0, 0.05) is 16.0 Å². The zero-order valence-corrected chi connectivity index (χ0v) is 17.7. The average molecular weight is 508 g/mol. The highest BCUT2D eigenvalue weighted by atomic mass is 79.9. The first kappa shape index (κ1) is 18.2. The molecule has 4 rings (SSSR count). The number of hydrogen-bond acceptors (Lipinski definition) is 5. The molecule has 0 aliphatic carbocycles. The molecular weight excluding hydrogens is 496 g/mol. The lowest BCUT2D eigenvalue weighted by atomic mass is 10.1. The van der Waals surface area contributed by atoms with Gasteiger partial charge in [-0.2, -0.15) is 5.10 Å². The Kier molecular flexibility index (Phi) is 5.03. The van der Waals surface area contributed by atoms with Gasteiger partial charge in [0.25, 0.3) is 5.91 Å². The van der Waals surface area contributed by atoms with Gasteiger partial charge < -0.3 is 9.84 Å². The molecule has 0 fully saturated rings. The molecule has 3 aromatic rings. The van der Waals surface area contributed by atoms with E-state index >= 15 is 0 Å². The second kappa shape index (κ2) is 7.46. The van der Waals surface area contributed by atoms with E-state index in [0.717, 1.165) is 27.3 Å². The molecule has 2 heterocycles. The van der Waals surface area contributed by atoms with E-state index in [-0.39, 0.29) is 11.7 Å². The van der Waals surface area contributed by atoms with Crippen LogP contribution in [0.2, 0.25) is 0 Å². The molecule has 2 N–H and O–H groups in total. The molecule has 0 saturated heterocycles. The molecule has 1 aromatic heterocycles. The van der Waals surface area contributed by atoms with Crippen molar-refractivity contribution in [2.75, 3.05) is 0 Å². The summed E-state index contributed by atoms with van der Waals surface area (Å²) in [6.07, 6.45) is 1.51. The maximum absolute atomic E-state index is 12.4. The summed E-state index contributed by atoms with van der Waals surface area (Å²) in [5.41, 5.74) is 5.27. The Bertz CT molecular complexity index is 1060. The van der Waals surface area contributed by atoms with Crippen molar-refractivity contribution in [3.8, 4) is 21.9 Å². The van der Waals surface area contributed by atoms with Crippen LogP contribution in [0.25, 0.3) is 10.4 Å². The number of hydrazone groups is 1. The first-order chi connectivity index (χ1) is 13.0. The van der Waals surface area contributed by atoms with Crippen LogP contribution < -0.4 is 10.2 Å². The number of rotatable bonds is 3. The molecule has 1 amide bonds. The molecule has 0 bridgehead atoms. The molecular formula is C19H12Br2N2O3S. The number of thiophene rings is 1. The van der Waals surface area contributed by atoms with E-state index in [0.29, 0.717) is 20.4 Å². The largest absolute Gasteiger partial charge is 0.506 e. The third-order valence-electron chi connectivity index (χ3n) is 3.97. The molecule has 1 aliphatic rings. The summed E-state index contributed by atoms with van der Waals surface area (Å²) in [6, 6.07) is 13.0. The van der Waals surface area contributed by atoms with Crippen LogP contribution in [-0.4, -0.2) is 17.2 Å². The van der Waals surface area contributed by atoms with Gasteiger partial charge in [-0.25, -0.2) is 5.43 Å². The van der Waals surface area contributed by atoms with Crippen LogP contribution in [0.3, 0.4) is 0 Å². The van der Waals surface area contributed by atoms with Gasteiger partial charge in [0.15, 0.2) is 0 Å². The minimum absolute atomic E-state index is 0.114. The summed E-state index contributed by atoms with van der Waals surface area (Å²) < 4.78 is 6.80. The summed E-state index contributed by atoms with van der Waals surface area (Å²) in [6.45, 7) is 0.453. The van der Waals surface area contributed by atoms with Gasteiger partial charge in [-0.1, -0.05) is 12.1 Å². The quantitative estimate of drug-likeness (QED) is 0.373. The van der Waals surface area contributed by atoms with Gasteiger partial charge in [0.1, 0.15) is 18.1 Å². The number of amides is 1. The Labute approximate surface area is 175 Å². The molecule has 0 atom stereocenters. The number of aromatic hydroxyl groups is 1. The Morgan fingerprint density at radius 3 is 2.74 bits per heavy atom. The van der Waals surface area contributed by atoms with Crippen molar-refractivity contribution in [3.63, 3.8) is 0 Å². The number of ether oxygens (including phenoxy) is 1. The summed E-state index contributed by atoms with van der Waals surface area (Å²) in [5.74, 6) is 0.670. The molecule has 0 spiro atoms. The molecule has 8 heteroatoms. The van der Waals surface area contributed by atoms with E-state index in [9.17, 15) is 9.90 Å². The second-order valence-electron chi connectivity index (χ2n) is 5.78. The average Bonchev–Trinajstić information content (AvgIpc) is 3.11. The number of nitrogens with zero attached hydrogens (tertiary/aromatic N) is 1.